The largest absolute Gasteiger partial charge is 0.346 e. The highest BCUT2D eigenvalue weighted by Crippen LogP contribution is 2.74. The highest BCUT2D eigenvalue weighted by atomic mass is 33.2. The molecule has 0 spiro atoms. The Morgan fingerprint density at radius 1 is 1.31 bits per heavy atom. The zero-order valence-electron chi connectivity index (χ0n) is 13.6. The Bertz CT molecular complexity index is 822. The van der Waals surface area contributed by atoms with Crippen LogP contribution in [0.4, 0.5) is 0 Å². The molecule has 5 unspecified atom stereocenters. The van der Waals surface area contributed by atoms with E-state index in [0.29, 0.717) is 0 Å². The average Bonchev–Trinajstić information content (AvgIpc) is 3.29. The maximum Gasteiger partial charge on any atom is 0.330 e. The molecule has 0 radical (unpaired) electrons. The van der Waals surface area contributed by atoms with Crippen LogP contribution in [-0.4, -0.2) is 59.6 Å². The van der Waals surface area contributed by atoms with Gasteiger partial charge in [-0.3, -0.25) is 14.3 Å². The molecule has 0 saturated carbocycles. The second-order valence-corrected chi connectivity index (χ2v) is 16.5. The van der Waals surface area contributed by atoms with Gasteiger partial charge >= 0.3 is 5.69 Å². The summed E-state index contributed by atoms with van der Waals surface area (Å²) in [5, 5.41) is 0. The minimum atomic E-state index is -1.95. The standard InChI is InChI=1S/C13H17N2O7PS3/c1-18-13-21-9-7(6-19-23(24)25-4-5-26-23)20-11(10(9)22-13)15-3-2-8(16)14-12(15)17/h2-3,7,9-11,13H,4-6H2,1H3,(H,14,16,17). The van der Waals surface area contributed by atoms with Gasteiger partial charge in [0.05, 0.1) is 6.61 Å². The van der Waals surface area contributed by atoms with Crippen molar-refractivity contribution < 1.29 is 23.5 Å². The Balaban J connectivity index is 1.55. The average molecular weight is 440 g/mol. The van der Waals surface area contributed by atoms with Gasteiger partial charge in [-0.2, -0.15) is 0 Å². The van der Waals surface area contributed by atoms with Gasteiger partial charge in [0.1, 0.15) is 18.3 Å². The summed E-state index contributed by atoms with van der Waals surface area (Å²) >= 11 is 8.95. The van der Waals surface area contributed by atoms with E-state index >= 15 is 0 Å². The van der Waals surface area contributed by atoms with E-state index in [1.54, 1.807) is 22.8 Å². The van der Waals surface area contributed by atoms with E-state index < -0.39 is 46.9 Å². The molecular formula is C13H17N2O7PS3. The smallest absolute Gasteiger partial charge is 0.330 e. The van der Waals surface area contributed by atoms with Crippen LogP contribution in [0.25, 0.3) is 0 Å². The van der Waals surface area contributed by atoms with Gasteiger partial charge in [-0.25, -0.2) is 4.79 Å². The number of nitrogens with zero attached hydrogens (tertiary/aromatic N) is 1. The van der Waals surface area contributed by atoms with E-state index in [4.69, 9.17) is 35.3 Å². The summed E-state index contributed by atoms with van der Waals surface area (Å²) in [4.78, 5) is 25.7. The molecule has 3 aliphatic rings. The lowest BCUT2D eigenvalue weighted by molar-refractivity contribution is -0.256. The molecule has 9 nitrogen and oxygen atoms in total. The summed E-state index contributed by atoms with van der Waals surface area (Å²) in [6, 6.07) is 1.25. The number of aromatic amines is 1. The van der Waals surface area contributed by atoms with Crippen molar-refractivity contribution in [1.29, 1.82) is 0 Å². The monoisotopic (exact) mass is 440 g/mol. The van der Waals surface area contributed by atoms with Crippen molar-refractivity contribution in [2.75, 3.05) is 25.2 Å². The van der Waals surface area contributed by atoms with Crippen LogP contribution in [0.5, 0.6) is 0 Å². The van der Waals surface area contributed by atoms with Crippen LogP contribution in [0, 0.1) is 0 Å². The fourth-order valence-electron chi connectivity index (χ4n) is 2.98. The Kier molecular flexibility index (Phi) is 5.66. The fourth-order valence-corrected chi connectivity index (χ4v) is 11.8. The second-order valence-electron chi connectivity index (χ2n) is 5.72. The first-order valence-electron chi connectivity index (χ1n) is 7.83. The summed E-state index contributed by atoms with van der Waals surface area (Å²) in [5.41, 5.74) is -1.06. The molecule has 13 heteroatoms. The Labute approximate surface area is 161 Å². The van der Waals surface area contributed by atoms with E-state index in [-0.39, 0.29) is 6.61 Å². The van der Waals surface area contributed by atoms with Crippen molar-refractivity contribution >= 4 is 39.2 Å². The SMILES string of the molecule is COC1OC2C(COP3(=S)SCCS3)OC(n3ccc(=O)[nH]c3=O)C2O1. The molecule has 4 heterocycles. The first kappa shape index (κ1) is 19.2. The normalized spacial score (nSPS) is 35.7. The maximum absolute atomic E-state index is 12.1. The second kappa shape index (κ2) is 7.69. The number of methoxy groups -OCH3 is 1. The molecule has 0 bridgehead atoms. The number of aromatic nitrogens is 2. The molecule has 3 saturated heterocycles. The topological polar surface area (TPSA) is 101 Å². The van der Waals surface area contributed by atoms with E-state index in [2.05, 4.69) is 4.98 Å². The molecule has 1 N–H and O–H groups in total. The third-order valence-electron chi connectivity index (χ3n) is 4.12. The summed E-state index contributed by atoms with van der Waals surface area (Å²) in [5.74, 6) is 1.97. The Hall–Kier alpha value is -0.170. The van der Waals surface area contributed by atoms with Gasteiger partial charge in [-0.15, -0.1) is 0 Å². The van der Waals surface area contributed by atoms with Crippen LogP contribution in [0.15, 0.2) is 21.9 Å². The lowest BCUT2D eigenvalue weighted by Gasteiger charge is -2.22. The molecule has 4 rings (SSSR count). The molecule has 3 fully saturated rings. The molecule has 26 heavy (non-hydrogen) atoms. The predicted molar refractivity (Wildman–Crippen MR) is 101 cm³/mol. The Morgan fingerprint density at radius 2 is 2.04 bits per heavy atom. The molecule has 0 aromatic carbocycles. The number of hydrogen-bond acceptors (Lipinski definition) is 10. The zero-order chi connectivity index (χ0) is 18.3. The minimum Gasteiger partial charge on any atom is -0.346 e. The molecule has 3 aliphatic heterocycles. The van der Waals surface area contributed by atoms with Gasteiger partial charge in [0.2, 0.25) is 0 Å². The summed E-state index contributed by atoms with van der Waals surface area (Å²) in [7, 11) is 1.47. The van der Waals surface area contributed by atoms with Crippen LogP contribution in [-0.2, 0) is 35.3 Å². The Morgan fingerprint density at radius 3 is 2.73 bits per heavy atom. The van der Waals surface area contributed by atoms with E-state index in [9.17, 15) is 9.59 Å². The van der Waals surface area contributed by atoms with Crippen LogP contribution >= 0.6 is 27.4 Å². The number of nitrogens with one attached hydrogen (secondary N) is 1. The summed E-state index contributed by atoms with van der Waals surface area (Å²) in [6.45, 7) is -0.604. The van der Waals surface area contributed by atoms with E-state index in [1.165, 1.54) is 23.9 Å². The van der Waals surface area contributed by atoms with Crippen molar-refractivity contribution in [3.05, 3.63) is 33.1 Å². The van der Waals surface area contributed by atoms with Gasteiger partial charge in [0.15, 0.2) is 10.9 Å². The number of rotatable bonds is 5. The minimum absolute atomic E-state index is 0.243. The first-order chi connectivity index (χ1) is 12.5. The van der Waals surface area contributed by atoms with Gasteiger partial charge < -0.3 is 23.5 Å². The van der Waals surface area contributed by atoms with E-state index in [1.807, 2.05) is 0 Å². The van der Waals surface area contributed by atoms with Crippen LogP contribution in [0.2, 0.25) is 0 Å². The number of ether oxygens (including phenoxy) is 4. The first-order valence-corrected chi connectivity index (χ1v) is 13.7. The van der Waals surface area contributed by atoms with Crippen LogP contribution in [0.1, 0.15) is 6.23 Å². The zero-order valence-corrected chi connectivity index (χ0v) is 17.0. The number of H-pyrrole nitrogens is 1. The number of hydrogen-bond donors (Lipinski definition) is 1. The van der Waals surface area contributed by atoms with Crippen molar-refractivity contribution in [2.24, 2.45) is 0 Å². The highest BCUT2D eigenvalue weighted by molar-refractivity contribution is 9.00. The van der Waals surface area contributed by atoms with Crippen molar-refractivity contribution in [3.63, 3.8) is 0 Å². The maximum atomic E-state index is 12.1. The third kappa shape index (κ3) is 3.71. The number of fused-ring (bicyclic) bond motifs is 1. The summed E-state index contributed by atoms with van der Waals surface area (Å²) in [6.07, 6.45) is -0.893. The lowest BCUT2D eigenvalue weighted by atomic mass is 10.1. The van der Waals surface area contributed by atoms with Crippen molar-refractivity contribution in [3.8, 4) is 0 Å². The van der Waals surface area contributed by atoms with Gasteiger partial charge in [-0.05, 0) is 11.8 Å². The quantitative estimate of drug-likeness (QED) is 0.664. The molecule has 5 atom stereocenters. The molecule has 1 aromatic rings. The van der Waals surface area contributed by atoms with Crippen molar-refractivity contribution in [2.45, 2.75) is 31.0 Å². The fraction of sp³-hybridized carbons (Fsp3) is 0.692. The highest BCUT2D eigenvalue weighted by Gasteiger charge is 2.54. The van der Waals surface area contributed by atoms with Gasteiger partial charge in [0.25, 0.3) is 12.0 Å². The van der Waals surface area contributed by atoms with Crippen LogP contribution in [0.3, 0.4) is 0 Å². The predicted octanol–water partition coefficient (Wildman–Crippen LogP) is 0.869. The third-order valence-corrected chi connectivity index (χ3v) is 14.0. The molecule has 144 valence electrons. The van der Waals surface area contributed by atoms with Gasteiger partial charge in [0, 0.05) is 30.9 Å². The summed E-state index contributed by atoms with van der Waals surface area (Å²) < 4.78 is 27.9. The van der Waals surface area contributed by atoms with E-state index in [0.717, 1.165) is 11.5 Å². The molecule has 0 amide bonds. The molecule has 0 aliphatic carbocycles. The van der Waals surface area contributed by atoms with Crippen LogP contribution < -0.4 is 11.2 Å². The lowest BCUT2D eigenvalue weighted by Crippen LogP contribution is -2.36. The molecule has 1 aromatic heterocycles. The van der Waals surface area contributed by atoms with Crippen molar-refractivity contribution in [1.82, 2.24) is 9.55 Å². The molecular weight excluding hydrogens is 423 g/mol. The van der Waals surface area contributed by atoms with Gasteiger partial charge in [-0.1, -0.05) is 22.8 Å².